The summed E-state index contributed by atoms with van der Waals surface area (Å²) in [6.07, 6.45) is 0. The average molecular weight is 252 g/mol. The molecule has 0 aliphatic carbocycles. The minimum absolute atomic E-state index is 0.0584. The van der Waals surface area contributed by atoms with Gasteiger partial charge in [0.05, 0.1) is 5.75 Å². The molecule has 0 bridgehead atoms. The fourth-order valence-electron chi connectivity index (χ4n) is 1.25. The van der Waals surface area contributed by atoms with Crippen molar-refractivity contribution in [1.29, 1.82) is 0 Å². The lowest BCUT2D eigenvalue weighted by molar-refractivity contribution is -0.118. The van der Waals surface area contributed by atoms with Crippen LogP contribution in [0.1, 0.15) is 19.4 Å². The van der Waals surface area contributed by atoms with Gasteiger partial charge >= 0.3 is 0 Å². The number of nitrogens with two attached hydrogens (primary N) is 1. The van der Waals surface area contributed by atoms with E-state index in [-0.39, 0.29) is 11.4 Å². The van der Waals surface area contributed by atoms with E-state index in [0.717, 1.165) is 11.3 Å². The van der Waals surface area contributed by atoms with Gasteiger partial charge in [-0.05, 0) is 19.4 Å². The summed E-state index contributed by atoms with van der Waals surface area (Å²) < 4.78 is 0. The van der Waals surface area contributed by atoms with E-state index in [2.05, 4.69) is 5.32 Å². The van der Waals surface area contributed by atoms with Gasteiger partial charge in [0.2, 0.25) is 5.91 Å². The molecule has 4 heteroatoms. The van der Waals surface area contributed by atoms with Gasteiger partial charge in [0.25, 0.3) is 0 Å². The first kappa shape index (κ1) is 14.1. The zero-order valence-electron chi connectivity index (χ0n) is 10.4. The van der Waals surface area contributed by atoms with Crippen LogP contribution in [0, 0.1) is 0 Å². The SMILES string of the molecule is CC(C)(N)CSCC(=O)NCc1ccccc1. The average Bonchev–Trinajstić information content (AvgIpc) is 2.26. The minimum Gasteiger partial charge on any atom is -0.351 e. The molecule has 0 unspecified atom stereocenters. The minimum atomic E-state index is -0.218. The maximum atomic E-state index is 11.5. The third-order valence-electron chi connectivity index (χ3n) is 2.04. The number of rotatable bonds is 6. The zero-order chi connectivity index (χ0) is 12.7. The van der Waals surface area contributed by atoms with E-state index in [1.165, 1.54) is 0 Å². The second-order valence-electron chi connectivity index (χ2n) is 4.74. The fourth-order valence-corrected chi connectivity index (χ4v) is 2.17. The molecule has 0 spiro atoms. The van der Waals surface area contributed by atoms with Crippen molar-refractivity contribution in [2.24, 2.45) is 5.73 Å². The molecule has 3 nitrogen and oxygen atoms in total. The first-order valence-corrected chi connectivity index (χ1v) is 6.80. The van der Waals surface area contributed by atoms with Crippen LogP contribution in [0.15, 0.2) is 30.3 Å². The number of thioether (sulfide) groups is 1. The highest BCUT2D eigenvalue weighted by Gasteiger charge is 2.11. The van der Waals surface area contributed by atoms with Crippen LogP contribution in [0.25, 0.3) is 0 Å². The van der Waals surface area contributed by atoms with Crippen molar-refractivity contribution in [3.8, 4) is 0 Å². The van der Waals surface area contributed by atoms with Gasteiger partial charge in [-0.3, -0.25) is 4.79 Å². The largest absolute Gasteiger partial charge is 0.351 e. The maximum absolute atomic E-state index is 11.5. The molecular formula is C13H20N2OS. The molecule has 0 aliphatic heterocycles. The molecule has 1 amide bonds. The molecular weight excluding hydrogens is 232 g/mol. The summed E-state index contributed by atoms with van der Waals surface area (Å²) in [5.74, 6) is 1.31. The van der Waals surface area contributed by atoms with Crippen LogP contribution < -0.4 is 11.1 Å². The molecule has 1 rings (SSSR count). The van der Waals surface area contributed by atoms with Gasteiger partial charge < -0.3 is 11.1 Å². The molecule has 17 heavy (non-hydrogen) atoms. The van der Waals surface area contributed by atoms with Gasteiger partial charge in [0.1, 0.15) is 0 Å². The molecule has 1 aromatic rings. The van der Waals surface area contributed by atoms with E-state index in [9.17, 15) is 4.79 Å². The first-order chi connectivity index (χ1) is 7.97. The van der Waals surface area contributed by atoms with Crippen molar-refractivity contribution in [2.75, 3.05) is 11.5 Å². The maximum Gasteiger partial charge on any atom is 0.230 e. The smallest absolute Gasteiger partial charge is 0.230 e. The second kappa shape index (κ2) is 6.67. The monoisotopic (exact) mass is 252 g/mol. The summed E-state index contributed by atoms with van der Waals surface area (Å²) in [6.45, 7) is 4.51. The van der Waals surface area contributed by atoms with Crippen molar-refractivity contribution < 1.29 is 4.79 Å². The van der Waals surface area contributed by atoms with Crippen LogP contribution >= 0.6 is 11.8 Å². The molecule has 0 radical (unpaired) electrons. The quantitative estimate of drug-likeness (QED) is 0.811. The third-order valence-corrected chi connectivity index (χ3v) is 3.45. The number of carbonyl (C=O) groups is 1. The number of benzene rings is 1. The molecule has 0 aromatic heterocycles. The molecule has 0 heterocycles. The normalized spacial score (nSPS) is 11.2. The van der Waals surface area contributed by atoms with E-state index in [1.807, 2.05) is 44.2 Å². The molecule has 0 aliphatic rings. The van der Waals surface area contributed by atoms with Crippen LogP contribution in [0.4, 0.5) is 0 Å². The van der Waals surface area contributed by atoms with Crippen LogP contribution in [0.2, 0.25) is 0 Å². The van der Waals surface area contributed by atoms with Crippen LogP contribution in [-0.4, -0.2) is 23.0 Å². The van der Waals surface area contributed by atoms with Crippen molar-refractivity contribution in [3.63, 3.8) is 0 Å². The number of nitrogens with one attached hydrogen (secondary N) is 1. The Morgan fingerprint density at radius 1 is 1.35 bits per heavy atom. The number of hydrogen-bond donors (Lipinski definition) is 2. The lowest BCUT2D eigenvalue weighted by atomic mass is 10.1. The molecule has 0 saturated heterocycles. The predicted octanol–water partition coefficient (Wildman–Crippen LogP) is 1.77. The predicted molar refractivity (Wildman–Crippen MR) is 73.9 cm³/mol. The lowest BCUT2D eigenvalue weighted by Crippen LogP contribution is -2.35. The molecule has 0 atom stereocenters. The number of hydrogen-bond acceptors (Lipinski definition) is 3. The summed E-state index contributed by atoms with van der Waals surface area (Å²) >= 11 is 1.57. The van der Waals surface area contributed by atoms with Gasteiger partial charge in [-0.15, -0.1) is 0 Å². The third kappa shape index (κ3) is 7.02. The highest BCUT2D eigenvalue weighted by atomic mass is 32.2. The van der Waals surface area contributed by atoms with Gasteiger partial charge in [0, 0.05) is 17.8 Å². The zero-order valence-corrected chi connectivity index (χ0v) is 11.2. The molecule has 0 fully saturated rings. The standard InChI is InChI=1S/C13H20N2OS/c1-13(2,14)10-17-9-12(16)15-8-11-6-4-3-5-7-11/h3-7H,8-10,14H2,1-2H3,(H,15,16). The Morgan fingerprint density at radius 3 is 2.59 bits per heavy atom. The molecule has 0 saturated carbocycles. The van der Waals surface area contributed by atoms with Crippen LogP contribution in [0.3, 0.4) is 0 Å². The summed E-state index contributed by atoms with van der Waals surface area (Å²) in [7, 11) is 0. The van der Waals surface area contributed by atoms with Gasteiger partial charge in [0.15, 0.2) is 0 Å². The van der Waals surface area contributed by atoms with Crippen LogP contribution in [0.5, 0.6) is 0 Å². The molecule has 1 aromatic carbocycles. The van der Waals surface area contributed by atoms with Crippen molar-refractivity contribution >= 4 is 17.7 Å². The van der Waals surface area contributed by atoms with Crippen molar-refractivity contribution in [3.05, 3.63) is 35.9 Å². The second-order valence-corrected chi connectivity index (χ2v) is 5.73. The lowest BCUT2D eigenvalue weighted by Gasteiger charge is -2.17. The van der Waals surface area contributed by atoms with Gasteiger partial charge in [-0.2, -0.15) is 11.8 Å². The van der Waals surface area contributed by atoms with E-state index in [4.69, 9.17) is 5.73 Å². The summed E-state index contributed by atoms with van der Waals surface area (Å²) in [5.41, 5.74) is 6.73. The Labute approximate surface area is 107 Å². The van der Waals surface area contributed by atoms with E-state index >= 15 is 0 Å². The van der Waals surface area contributed by atoms with Crippen molar-refractivity contribution in [1.82, 2.24) is 5.32 Å². The summed E-state index contributed by atoms with van der Waals surface area (Å²) in [4.78, 5) is 11.5. The Balaban J connectivity index is 2.18. The molecule has 94 valence electrons. The highest BCUT2D eigenvalue weighted by Crippen LogP contribution is 2.09. The Kier molecular flexibility index (Phi) is 5.51. The van der Waals surface area contributed by atoms with Gasteiger partial charge in [-0.1, -0.05) is 30.3 Å². The molecule has 3 N–H and O–H groups in total. The Bertz CT molecular complexity index is 346. The Morgan fingerprint density at radius 2 is 2.00 bits per heavy atom. The topological polar surface area (TPSA) is 55.1 Å². The number of carbonyl (C=O) groups excluding carboxylic acids is 1. The fraction of sp³-hybridized carbons (Fsp3) is 0.462. The summed E-state index contributed by atoms with van der Waals surface area (Å²) in [5, 5.41) is 2.88. The first-order valence-electron chi connectivity index (χ1n) is 5.65. The summed E-state index contributed by atoms with van der Waals surface area (Å²) in [6, 6.07) is 9.89. The van der Waals surface area contributed by atoms with E-state index in [0.29, 0.717) is 12.3 Å². The number of amides is 1. The Hall–Kier alpha value is -1.00. The van der Waals surface area contributed by atoms with E-state index in [1.54, 1.807) is 11.8 Å². The van der Waals surface area contributed by atoms with E-state index < -0.39 is 0 Å². The van der Waals surface area contributed by atoms with Crippen LogP contribution in [-0.2, 0) is 11.3 Å². The van der Waals surface area contributed by atoms with Gasteiger partial charge in [-0.25, -0.2) is 0 Å². The van der Waals surface area contributed by atoms with Crippen molar-refractivity contribution in [2.45, 2.75) is 25.9 Å². The highest BCUT2D eigenvalue weighted by molar-refractivity contribution is 8.00.